The molecule has 0 heterocycles. The third-order valence-corrected chi connectivity index (χ3v) is 1.99. The number of rotatable bonds is 0. The monoisotopic (exact) mass is 168 g/mol. The maximum Gasteiger partial charge on any atom is 0.126 e. The molecule has 0 bridgehead atoms. The number of aryl methyl sites for hydroxylation is 1. The first-order valence-electron chi connectivity index (χ1n) is 4.35. The molecule has 0 radical (unpaired) electrons. The molecule has 0 amide bonds. The Morgan fingerprint density at radius 3 is 1.83 bits per heavy atom. The lowest BCUT2D eigenvalue weighted by molar-refractivity contribution is 0.616. The zero-order valence-electron chi connectivity index (χ0n) is 8.53. The van der Waals surface area contributed by atoms with Crippen LogP contribution in [0.2, 0.25) is 0 Å². The van der Waals surface area contributed by atoms with Crippen LogP contribution in [0.15, 0.2) is 12.1 Å². The van der Waals surface area contributed by atoms with Crippen molar-refractivity contribution in [1.29, 1.82) is 0 Å². The minimum atomic E-state index is -0.108. The highest BCUT2D eigenvalue weighted by Crippen LogP contribution is 2.14. The SMILES string of the molecule is CC.Cc1ccc(F)c(C)c1C. The van der Waals surface area contributed by atoms with Crippen LogP contribution in [0.1, 0.15) is 30.5 Å². The Hall–Kier alpha value is -0.850. The summed E-state index contributed by atoms with van der Waals surface area (Å²) in [5.41, 5.74) is 2.97. The van der Waals surface area contributed by atoms with E-state index in [1.54, 1.807) is 13.0 Å². The van der Waals surface area contributed by atoms with Gasteiger partial charge in [0.15, 0.2) is 0 Å². The van der Waals surface area contributed by atoms with Gasteiger partial charge in [-0.1, -0.05) is 19.9 Å². The Balaban J connectivity index is 0.000000561. The Morgan fingerprint density at radius 2 is 1.42 bits per heavy atom. The molecule has 1 heteroatoms. The molecule has 0 nitrogen and oxygen atoms in total. The summed E-state index contributed by atoms with van der Waals surface area (Å²) in [5.74, 6) is -0.108. The van der Waals surface area contributed by atoms with Crippen LogP contribution in [0, 0.1) is 26.6 Å². The first-order chi connectivity index (χ1) is 5.63. The molecule has 0 spiro atoms. The fourth-order valence-corrected chi connectivity index (χ4v) is 0.923. The van der Waals surface area contributed by atoms with E-state index in [0.29, 0.717) is 0 Å². The normalized spacial score (nSPS) is 8.83. The van der Waals surface area contributed by atoms with E-state index in [2.05, 4.69) is 0 Å². The van der Waals surface area contributed by atoms with E-state index < -0.39 is 0 Å². The van der Waals surface area contributed by atoms with Gasteiger partial charge in [0, 0.05) is 0 Å². The molecule has 0 aliphatic rings. The Bertz CT molecular complexity index is 224. The van der Waals surface area contributed by atoms with Gasteiger partial charge in [-0.2, -0.15) is 0 Å². The number of hydrogen-bond acceptors (Lipinski definition) is 0. The first kappa shape index (κ1) is 11.2. The van der Waals surface area contributed by atoms with Gasteiger partial charge in [-0.3, -0.25) is 0 Å². The summed E-state index contributed by atoms with van der Waals surface area (Å²) in [5, 5.41) is 0. The molecule has 0 aliphatic carbocycles. The van der Waals surface area contributed by atoms with Crippen LogP contribution in [-0.4, -0.2) is 0 Å². The summed E-state index contributed by atoms with van der Waals surface area (Å²) >= 11 is 0. The summed E-state index contributed by atoms with van der Waals surface area (Å²) in [6.45, 7) is 9.73. The van der Waals surface area contributed by atoms with Gasteiger partial charge >= 0.3 is 0 Å². The van der Waals surface area contributed by atoms with Gasteiger partial charge in [0.05, 0.1) is 0 Å². The molecule has 0 saturated carbocycles. The number of halogens is 1. The molecule has 0 atom stereocenters. The zero-order valence-corrected chi connectivity index (χ0v) is 8.53. The summed E-state index contributed by atoms with van der Waals surface area (Å²) in [6, 6.07) is 3.31. The van der Waals surface area contributed by atoms with Crippen LogP contribution in [-0.2, 0) is 0 Å². The summed E-state index contributed by atoms with van der Waals surface area (Å²) < 4.78 is 12.8. The molecule has 68 valence electrons. The van der Waals surface area contributed by atoms with Crippen LogP contribution in [0.25, 0.3) is 0 Å². The van der Waals surface area contributed by atoms with Crippen molar-refractivity contribution < 1.29 is 4.39 Å². The largest absolute Gasteiger partial charge is 0.207 e. The average molecular weight is 168 g/mol. The maximum atomic E-state index is 12.8. The van der Waals surface area contributed by atoms with E-state index in [4.69, 9.17) is 0 Å². The van der Waals surface area contributed by atoms with Crippen LogP contribution in [0.5, 0.6) is 0 Å². The highest BCUT2D eigenvalue weighted by atomic mass is 19.1. The summed E-state index contributed by atoms with van der Waals surface area (Å²) in [4.78, 5) is 0. The van der Waals surface area contributed by atoms with Crippen molar-refractivity contribution >= 4 is 0 Å². The van der Waals surface area contributed by atoms with Crippen molar-refractivity contribution in [3.8, 4) is 0 Å². The van der Waals surface area contributed by atoms with Gasteiger partial charge in [-0.25, -0.2) is 4.39 Å². The third-order valence-electron chi connectivity index (χ3n) is 1.99. The van der Waals surface area contributed by atoms with Crippen molar-refractivity contribution in [3.05, 3.63) is 34.6 Å². The van der Waals surface area contributed by atoms with Crippen molar-refractivity contribution in [1.82, 2.24) is 0 Å². The van der Waals surface area contributed by atoms with E-state index in [1.807, 2.05) is 27.7 Å². The second-order valence-corrected chi connectivity index (χ2v) is 2.61. The molecule has 1 aromatic rings. The highest BCUT2D eigenvalue weighted by molar-refractivity contribution is 5.32. The van der Waals surface area contributed by atoms with Crippen molar-refractivity contribution in [2.24, 2.45) is 0 Å². The molecule has 1 rings (SSSR count). The first-order valence-corrected chi connectivity index (χ1v) is 4.35. The highest BCUT2D eigenvalue weighted by Gasteiger charge is 2.00. The number of hydrogen-bond donors (Lipinski definition) is 0. The van der Waals surface area contributed by atoms with Gasteiger partial charge in [0.25, 0.3) is 0 Å². The summed E-state index contributed by atoms with van der Waals surface area (Å²) in [7, 11) is 0. The van der Waals surface area contributed by atoms with E-state index in [9.17, 15) is 4.39 Å². The molecule has 0 aliphatic heterocycles. The van der Waals surface area contributed by atoms with Gasteiger partial charge in [0.2, 0.25) is 0 Å². The molecule has 1 aromatic carbocycles. The maximum absolute atomic E-state index is 12.8. The van der Waals surface area contributed by atoms with Gasteiger partial charge in [-0.05, 0) is 43.5 Å². The third kappa shape index (κ3) is 2.33. The van der Waals surface area contributed by atoms with E-state index in [1.165, 1.54) is 6.07 Å². The van der Waals surface area contributed by atoms with Gasteiger partial charge in [-0.15, -0.1) is 0 Å². The molecule has 0 saturated heterocycles. The Kier molecular flexibility index (Phi) is 4.57. The fraction of sp³-hybridized carbons (Fsp3) is 0.455. The van der Waals surface area contributed by atoms with E-state index in [0.717, 1.165) is 16.7 Å². The topological polar surface area (TPSA) is 0 Å². The lowest BCUT2D eigenvalue weighted by atomic mass is 10.0. The van der Waals surface area contributed by atoms with E-state index >= 15 is 0 Å². The molecule has 12 heavy (non-hydrogen) atoms. The zero-order chi connectivity index (χ0) is 9.72. The Labute approximate surface area is 74.4 Å². The average Bonchev–Trinajstić information content (AvgIpc) is 2.12. The van der Waals surface area contributed by atoms with Gasteiger partial charge < -0.3 is 0 Å². The van der Waals surface area contributed by atoms with Crippen LogP contribution >= 0.6 is 0 Å². The minimum absolute atomic E-state index is 0.108. The van der Waals surface area contributed by atoms with E-state index in [-0.39, 0.29) is 5.82 Å². The minimum Gasteiger partial charge on any atom is -0.207 e. The molecule has 0 fully saturated rings. The predicted molar refractivity (Wildman–Crippen MR) is 52.0 cm³/mol. The van der Waals surface area contributed by atoms with Crippen LogP contribution in [0.4, 0.5) is 4.39 Å². The lowest BCUT2D eigenvalue weighted by Gasteiger charge is -2.03. The lowest BCUT2D eigenvalue weighted by Crippen LogP contribution is -1.89. The smallest absolute Gasteiger partial charge is 0.126 e. The van der Waals surface area contributed by atoms with Crippen molar-refractivity contribution in [2.45, 2.75) is 34.6 Å². The summed E-state index contributed by atoms with van der Waals surface area (Å²) in [6.07, 6.45) is 0. The van der Waals surface area contributed by atoms with Crippen LogP contribution < -0.4 is 0 Å². The predicted octanol–water partition coefficient (Wildman–Crippen LogP) is 3.78. The molecule has 0 N–H and O–H groups in total. The molecule has 0 aromatic heterocycles. The van der Waals surface area contributed by atoms with Crippen LogP contribution in [0.3, 0.4) is 0 Å². The second kappa shape index (κ2) is 4.91. The number of benzene rings is 1. The van der Waals surface area contributed by atoms with Crippen molar-refractivity contribution in [2.75, 3.05) is 0 Å². The quantitative estimate of drug-likeness (QED) is 0.553. The van der Waals surface area contributed by atoms with Crippen molar-refractivity contribution in [3.63, 3.8) is 0 Å². The molecule has 0 unspecified atom stereocenters. The van der Waals surface area contributed by atoms with Gasteiger partial charge in [0.1, 0.15) is 5.82 Å². The Morgan fingerprint density at radius 1 is 0.917 bits per heavy atom. The second-order valence-electron chi connectivity index (χ2n) is 2.61. The standard InChI is InChI=1S/C9H11F.C2H6/c1-6-4-5-9(10)8(3)7(6)2;1-2/h4-5H,1-3H3;1-2H3. The molecular formula is C11H17F. The fourth-order valence-electron chi connectivity index (χ4n) is 0.923. The molecular weight excluding hydrogens is 151 g/mol.